The van der Waals surface area contributed by atoms with Gasteiger partial charge < -0.3 is 10.4 Å². The van der Waals surface area contributed by atoms with Gasteiger partial charge in [-0.1, -0.05) is 29.8 Å². The standard InChI is InChI=1S/C16H17ClN2O2/c17-13-6-3-5-12(11-13)16(14-7-1-2-9-18-14)19-10-4-8-15(20)21/h1-3,5-7,9,11,16,19H,4,8,10H2,(H,20,21). The Labute approximate surface area is 128 Å². The minimum absolute atomic E-state index is 0.0984. The van der Waals surface area contributed by atoms with E-state index in [0.717, 1.165) is 11.3 Å². The molecule has 5 heteroatoms. The first-order chi connectivity index (χ1) is 10.2. The first-order valence-electron chi connectivity index (χ1n) is 6.78. The second kappa shape index (κ2) is 7.76. The lowest BCUT2D eigenvalue weighted by molar-refractivity contribution is -0.137. The molecule has 0 spiro atoms. The number of aliphatic carboxylic acids is 1. The maximum absolute atomic E-state index is 10.6. The molecule has 0 fully saturated rings. The van der Waals surface area contributed by atoms with Crippen molar-refractivity contribution in [3.05, 3.63) is 64.9 Å². The number of halogens is 1. The van der Waals surface area contributed by atoms with Gasteiger partial charge in [-0.2, -0.15) is 0 Å². The molecule has 1 atom stereocenters. The molecule has 1 unspecified atom stereocenters. The van der Waals surface area contributed by atoms with Crippen LogP contribution in [-0.4, -0.2) is 22.6 Å². The van der Waals surface area contributed by atoms with Crippen LogP contribution in [0.25, 0.3) is 0 Å². The summed E-state index contributed by atoms with van der Waals surface area (Å²) in [5.41, 5.74) is 1.90. The first kappa shape index (κ1) is 15.5. The van der Waals surface area contributed by atoms with E-state index in [1.54, 1.807) is 6.20 Å². The minimum Gasteiger partial charge on any atom is -0.481 e. The van der Waals surface area contributed by atoms with Crippen molar-refractivity contribution in [2.75, 3.05) is 6.54 Å². The minimum atomic E-state index is -0.783. The van der Waals surface area contributed by atoms with Crippen LogP contribution in [0.1, 0.15) is 30.1 Å². The molecule has 2 rings (SSSR count). The second-order valence-corrected chi connectivity index (χ2v) is 5.13. The van der Waals surface area contributed by atoms with Crippen molar-refractivity contribution in [2.45, 2.75) is 18.9 Å². The number of rotatable bonds is 7. The van der Waals surface area contributed by atoms with Crippen LogP contribution in [-0.2, 0) is 4.79 Å². The molecule has 1 heterocycles. The number of pyridine rings is 1. The van der Waals surface area contributed by atoms with Gasteiger partial charge in [0, 0.05) is 17.6 Å². The van der Waals surface area contributed by atoms with Crippen molar-refractivity contribution in [3.8, 4) is 0 Å². The third kappa shape index (κ3) is 4.85. The van der Waals surface area contributed by atoms with E-state index in [9.17, 15) is 4.79 Å². The van der Waals surface area contributed by atoms with E-state index in [1.165, 1.54) is 0 Å². The lowest BCUT2D eigenvalue weighted by Gasteiger charge is -2.19. The summed E-state index contributed by atoms with van der Waals surface area (Å²) in [6.45, 7) is 0.597. The number of aromatic nitrogens is 1. The highest BCUT2D eigenvalue weighted by atomic mass is 35.5. The van der Waals surface area contributed by atoms with Crippen molar-refractivity contribution in [2.24, 2.45) is 0 Å². The third-order valence-electron chi connectivity index (χ3n) is 3.08. The molecule has 0 aliphatic heterocycles. The summed E-state index contributed by atoms with van der Waals surface area (Å²) in [7, 11) is 0. The van der Waals surface area contributed by atoms with Crippen LogP contribution in [0, 0.1) is 0 Å². The average Bonchev–Trinajstić information content (AvgIpc) is 2.48. The molecule has 0 radical (unpaired) electrons. The van der Waals surface area contributed by atoms with Gasteiger partial charge in [0.25, 0.3) is 0 Å². The van der Waals surface area contributed by atoms with Crippen LogP contribution in [0.15, 0.2) is 48.7 Å². The Morgan fingerprint density at radius 2 is 2.14 bits per heavy atom. The summed E-state index contributed by atoms with van der Waals surface area (Å²) in [4.78, 5) is 14.9. The van der Waals surface area contributed by atoms with Gasteiger partial charge in [-0.3, -0.25) is 9.78 Å². The van der Waals surface area contributed by atoms with Crippen molar-refractivity contribution < 1.29 is 9.90 Å². The number of carbonyl (C=O) groups is 1. The van der Waals surface area contributed by atoms with Crippen LogP contribution >= 0.6 is 11.6 Å². The summed E-state index contributed by atoms with van der Waals surface area (Å²) in [5.74, 6) is -0.783. The number of hydrogen-bond donors (Lipinski definition) is 2. The molecule has 0 saturated heterocycles. The molecule has 2 N–H and O–H groups in total. The monoisotopic (exact) mass is 304 g/mol. The van der Waals surface area contributed by atoms with Crippen molar-refractivity contribution in [1.82, 2.24) is 10.3 Å². The zero-order valence-corrected chi connectivity index (χ0v) is 12.3. The van der Waals surface area contributed by atoms with Gasteiger partial charge in [-0.25, -0.2) is 0 Å². The van der Waals surface area contributed by atoms with Crippen LogP contribution in [0.5, 0.6) is 0 Å². The average molecular weight is 305 g/mol. The summed E-state index contributed by atoms with van der Waals surface area (Å²) >= 11 is 6.05. The van der Waals surface area contributed by atoms with Gasteiger partial charge in [0.1, 0.15) is 0 Å². The van der Waals surface area contributed by atoms with Crippen LogP contribution in [0.2, 0.25) is 5.02 Å². The Hall–Kier alpha value is -1.91. The fourth-order valence-corrected chi connectivity index (χ4v) is 2.31. The fraction of sp³-hybridized carbons (Fsp3) is 0.250. The predicted octanol–water partition coefficient (Wildman–Crippen LogP) is 3.28. The van der Waals surface area contributed by atoms with E-state index in [2.05, 4.69) is 10.3 Å². The molecular formula is C16H17ClN2O2. The molecular weight excluding hydrogens is 288 g/mol. The van der Waals surface area contributed by atoms with E-state index in [1.807, 2.05) is 42.5 Å². The first-order valence-corrected chi connectivity index (χ1v) is 7.16. The normalized spacial score (nSPS) is 12.0. The van der Waals surface area contributed by atoms with E-state index >= 15 is 0 Å². The predicted molar refractivity (Wildman–Crippen MR) is 82.4 cm³/mol. The highest BCUT2D eigenvalue weighted by molar-refractivity contribution is 6.30. The molecule has 21 heavy (non-hydrogen) atoms. The molecule has 0 aliphatic carbocycles. The third-order valence-corrected chi connectivity index (χ3v) is 3.32. The molecule has 0 saturated carbocycles. The largest absolute Gasteiger partial charge is 0.481 e. The van der Waals surface area contributed by atoms with E-state index in [4.69, 9.17) is 16.7 Å². The quantitative estimate of drug-likeness (QED) is 0.771. The van der Waals surface area contributed by atoms with Gasteiger partial charge in [0.15, 0.2) is 0 Å². The highest BCUT2D eigenvalue weighted by Crippen LogP contribution is 2.23. The molecule has 0 bridgehead atoms. The highest BCUT2D eigenvalue weighted by Gasteiger charge is 2.14. The zero-order chi connectivity index (χ0) is 15.1. The smallest absolute Gasteiger partial charge is 0.303 e. The maximum atomic E-state index is 10.6. The summed E-state index contributed by atoms with van der Waals surface area (Å²) in [5, 5.41) is 12.7. The SMILES string of the molecule is O=C(O)CCCNC(c1cccc(Cl)c1)c1ccccn1. The molecule has 1 aromatic heterocycles. The Morgan fingerprint density at radius 3 is 2.81 bits per heavy atom. The number of hydrogen-bond acceptors (Lipinski definition) is 3. The fourth-order valence-electron chi connectivity index (χ4n) is 2.11. The topological polar surface area (TPSA) is 62.2 Å². The Balaban J connectivity index is 2.13. The van der Waals surface area contributed by atoms with Gasteiger partial charge in [0.2, 0.25) is 0 Å². The Bertz CT molecular complexity index is 590. The van der Waals surface area contributed by atoms with Crippen molar-refractivity contribution in [1.29, 1.82) is 0 Å². The molecule has 0 amide bonds. The number of carboxylic acid groups (broad SMARTS) is 1. The van der Waals surface area contributed by atoms with Gasteiger partial charge in [0.05, 0.1) is 11.7 Å². The van der Waals surface area contributed by atoms with Crippen LogP contribution < -0.4 is 5.32 Å². The molecule has 4 nitrogen and oxygen atoms in total. The van der Waals surface area contributed by atoms with E-state index in [-0.39, 0.29) is 12.5 Å². The number of carboxylic acids is 1. The van der Waals surface area contributed by atoms with Gasteiger partial charge in [-0.05, 0) is 42.8 Å². The molecule has 110 valence electrons. The second-order valence-electron chi connectivity index (χ2n) is 4.69. The van der Waals surface area contributed by atoms with Crippen LogP contribution in [0.3, 0.4) is 0 Å². The summed E-state index contributed by atoms with van der Waals surface area (Å²) in [6, 6.07) is 13.2. The Morgan fingerprint density at radius 1 is 1.29 bits per heavy atom. The van der Waals surface area contributed by atoms with Crippen LogP contribution in [0.4, 0.5) is 0 Å². The van der Waals surface area contributed by atoms with Crippen molar-refractivity contribution in [3.63, 3.8) is 0 Å². The van der Waals surface area contributed by atoms with Crippen molar-refractivity contribution >= 4 is 17.6 Å². The molecule has 0 aliphatic rings. The lowest BCUT2D eigenvalue weighted by atomic mass is 10.0. The van der Waals surface area contributed by atoms with Gasteiger partial charge in [-0.15, -0.1) is 0 Å². The lowest BCUT2D eigenvalue weighted by Crippen LogP contribution is -2.24. The number of nitrogens with one attached hydrogen (secondary N) is 1. The molecule has 2 aromatic rings. The zero-order valence-electron chi connectivity index (χ0n) is 11.5. The number of benzene rings is 1. The van der Waals surface area contributed by atoms with E-state index in [0.29, 0.717) is 18.0 Å². The van der Waals surface area contributed by atoms with Gasteiger partial charge >= 0.3 is 5.97 Å². The summed E-state index contributed by atoms with van der Waals surface area (Å²) < 4.78 is 0. The summed E-state index contributed by atoms with van der Waals surface area (Å²) in [6.07, 6.45) is 2.46. The van der Waals surface area contributed by atoms with E-state index < -0.39 is 5.97 Å². The number of nitrogens with zero attached hydrogens (tertiary/aromatic N) is 1. The molecule has 1 aromatic carbocycles. The maximum Gasteiger partial charge on any atom is 0.303 e. The Kier molecular flexibility index (Phi) is 5.72.